The Bertz CT molecular complexity index is 565. The van der Waals surface area contributed by atoms with Gasteiger partial charge in [-0.2, -0.15) is 0 Å². The second kappa shape index (κ2) is 5.65. The van der Waals surface area contributed by atoms with Crippen molar-refractivity contribution in [3.8, 4) is 0 Å². The Labute approximate surface area is 128 Å². The SMILES string of the molecule is CC1(C(=O)O)COCC1NC(=O)c1ccc(F)cc1I. The third-order valence-corrected chi connectivity index (χ3v) is 4.32. The van der Waals surface area contributed by atoms with Crippen LogP contribution in [0.15, 0.2) is 18.2 Å². The van der Waals surface area contributed by atoms with Crippen molar-refractivity contribution in [2.24, 2.45) is 5.41 Å². The van der Waals surface area contributed by atoms with Crippen LogP contribution < -0.4 is 5.32 Å². The lowest BCUT2D eigenvalue weighted by atomic mass is 9.85. The van der Waals surface area contributed by atoms with Gasteiger partial charge >= 0.3 is 5.97 Å². The molecule has 0 saturated carbocycles. The average molecular weight is 393 g/mol. The zero-order valence-corrected chi connectivity index (χ0v) is 12.8. The molecule has 2 unspecified atom stereocenters. The first-order valence-electron chi connectivity index (χ1n) is 5.91. The van der Waals surface area contributed by atoms with Gasteiger partial charge in [-0.1, -0.05) is 0 Å². The Balaban J connectivity index is 2.17. The minimum atomic E-state index is -1.15. The van der Waals surface area contributed by atoms with Crippen LogP contribution in [0.25, 0.3) is 0 Å². The van der Waals surface area contributed by atoms with Crippen LogP contribution in [-0.4, -0.2) is 36.2 Å². The molecule has 20 heavy (non-hydrogen) atoms. The van der Waals surface area contributed by atoms with Crippen LogP contribution >= 0.6 is 22.6 Å². The van der Waals surface area contributed by atoms with E-state index in [4.69, 9.17) is 4.74 Å². The largest absolute Gasteiger partial charge is 0.481 e. The van der Waals surface area contributed by atoms with E-state index in [9.17, 15) is 19.1 Å². The van der Waals surface area contributed by atoms with Crippen LogP contribution in [0, 0.1) is 14.8 Å². The van der Waals surface area contributed by atoms with Crippen molar-refractivity contribution < 1.29 is 23.8 Å². The molecule has 5 nitrogen and oxygen atoms in total. The molecule has 1 aliphatic heterocycles. The fourth-order valence-electron chi connectivity index (χ4n) is 1.99. The maximum Gasteiger partial charge on any atom is 0.313 e. The second-order valence-electron chi connectivity index (χ2n) is 4.89. The summed E-state index contributed by atoms with van der Waals surface area (Å²) in [5, 5.41) is 11.9. The van der Waals surface area contributed by atoms with E-state index in [2.05, 4.69) is 5.32 Å². The summed E-state index contributed by atoms with van der Waals surface area (Å²) in [4.78, 5) is 23.4. The molecule has 7 heteroatoms. The van der Waals surface area contributed by atoms with E-state index in [1.165, 1.54) is 25.1 Å². The average Bonchev–Trinajstić information content (AvgIpc) is 2.72. The van der Waals surface area contributed by atoms with Gasteiger partial charge in [0, 0.05) is 3.57 Å². The van der Waals surface area contributed by atoms with Crippen molar-refractivity contribution in [3.05, 3.63) is 33.1 Å². The highest BCUT2D eigenvalue weighted by atomic mass is 127. The van der Waals surface area contributed by atoms with E-state index >= 15 is 0 Å². The number of aliphatic carboxylic acids is 1. The number of amides is 1. The van der Waals surface area contributed by atoms with Gasteiger partial charge in [0.25, 0.3) is 5.91 Å². The van der Waals surface area contributed by atoms with Gasteiger partial charge in [0.05, 0.1) is 24.8 Å². The smallest absolute Gasteiger partial charge is 0.313 e. The highest BCUT2D eigenvalue weighted by Crippen LogP contribution is 2.29. The van der Waals surface area contributed by atoms with E-state index in [0.29, 0.717) is 9.13 Å². The normalized spacial score (nSPS) is 25.4. The molecular formula is C13H13FINO4. The van der Waals surface area contributed by atoms with Gasteiger partial charge in [0.15, 0.2) is 0 Å². The number of carboxylic acids is 1. The molecule has 1 heterocycles. The van der Waals surface area contributed by atoms with Crippen molar-refractivity contribution in [1.82, 2.24) is 5.32 Å². The molecular weight excluding hydrogens is 380 g/mol. The van der Waals surface area contributed by atoms with Crippen molar-refractivity contribution >= 4 is 34.5 Å². The molecule has 1 aromatic carbocycles. The summed E-state index contributed by atoms with van der Waals surface area (Å²) in [6, 6.07) is 3.20. The minimum Gasteiger partial charge on any atom is -0.481 e. The molecule has 2 rings (SSSR count). The summed E-state index contributed by atoms with van der Waals surface area (Å²) >= 11 is 1.86. The fraction of sp³-hybridized carbons (Fsp3) is 0.385. The lowest BCUT2D eigenvalue weighted by Gasteiger charge is -2.25. The van der Waals surface area contributed by atoms with Crippen LogP contribution in [0.1, 0.15) is 17.3 Å². The number of carboxylic acid groups (broad SMARTS) is 1. The van der Waals surface area contributed by atoms with Gasteiger partial charge in [-0.25, -0.2) is 4.39 Å². The van der Waals surface area contributed by atoms with Gasteiger partial charge < -0.3 is 15.2 Å². The Morgan fingerprint density at radius 2 is 2.25 bits per heavy atom. The van der Waals surface area contributed by atoms with Crippen molar-refractivity contribution in [1.29, 1.82) is 0 Å². The number of carbonyl (C=O) groups is 2. The van der Waals surface area contributed by atoms with Crippen molar-refractivity contribution in [3.63, 3.8) is 0 Å². The predicted molar refractivity (Wildman–Crippen MR) is 76.9 cm³/mol. The molecule has 0 aromatic heterocycles. The standard InChI is InChI=1S/C13H13FINO4/c1-13(12(18)19)6-20-5-10(13)16-11(17)8-3-2-7(14)4-9(8)15/h2-4,10H,5-6H2,1H3,(H,16,17)(H,18,19). The Hall–Kier alpha value is -1.22. The summed E-state index contributed by atoms with van der Waals surface area (Å²) in [6.45, 7) is 1.73. The minimum absolute atomic E-state index is 0.0494. The lowest BCUT2D eigenvalue weighted by Crippen LogP contribution is -2.49. The molecule has 1 fully saturated rings. The van der Waals surface area contributed by atoms with E-state index in [0.717, 1.165) is 0 Å². The third-order valence-electron chi connectivity index (χ3n) is 3.43. The maximum atomic E-state index is 13.0. The summed E-state index contributed by atoms with van der Waals surface area (Å²) in [5.74, 6) is -1.88. The van der Waals surface area contributed by atoms with Crippen LogP contribution in [-0.2, 0) is 9.53 Å². The summed E-state index contributed by atoms with van der Waals surface area (Å²) < 4.78 is 18.6. The number of benzene rings is 1. The van der Waals surface area contributed by atoms with Gasteiger partial charge in [0.2, 0.25) is 0 Å². The molecule has 0 aliphatic carbocycles. The molecule has 1 aliphatic rings. The molecule has 1 amide bonds. The van der Waals surface area contributed by atoms with Gasteiger partial charge in [-0.3, -0.25) is 9.59 Å². The molecule has 0 bridgehead atoms. The molecule has 2 atom stereocenters. The fourth-order valence-corrected chi connectivity index (χ4v) is 2.72. The van der Waals surface area contributed by atoms with Crippen LogP contribution in [0.4, 0.5) is 4.39 Å². The molecule has 1 aromatic rings. The molecule has 1 saturated heterocycles. The Kier molecular flexibility index (Phi) is 4.28. The zero-order valence-electron chi connectivity index (χ0n) is 10.7. The number of nitrogens with one attached hydrogen (secondary N) is 1. The topological polar surface area (TPSA) is 75.6 Å². The van der Waals surface area contributed by atoms with E-state index in [-0.39, 0.29) is 13.2 Å². The van der Waals surface area contributed by atoms with Crippen LogP contribution in [0.3, 0.4) is 0 Å². The highest BCUT2D eigenvalue weighted by molar-refractivity contribution is 14.1. The number of ether oxygens (including phenoxy) is 1. The molecule has 2 N–H and O–H groups in total. The highest BCUT2D eigenvalue weighted by Gasteiger charge is 2.47. The van der Waals surface area contributed by atoms with E-state index in [1.54, 1.807) is 0 Å². The van der Waals surface area contributed by atoms with Crippen molar-refractivity contribution in [2.45, 2.75) is 13.0 Å². The zero-order chi connectivity index (χ0) is 14.9. The lowest BCUT2D eigenvalue weighted by molar-refractivity contribution is -0.148. The second-order valence-corrected chi connectivity index (χ2v) is 6.05. The molecule has 108 valence electrons. The molecule has 0 radical (unpaired) electrons. The molecule has 0 spiro atoms. The van der Waals surface area contributed by atoms with E-state index in [1.807, 2.05) is 22.6 Å². The first-order chi connectivity index (χ1) is 9.34. The van der Waals surface area contributed by atoms with Crippen LogP contribution in [0.2, 0.25) is 0 Å². The number of carbonyl (C=O) groups excluding carboxylic acids is 1. The van der Waals surface area contributed by atoms with Gasteiger partial charge in [-0.15, -0.1) is 0 Å². The maximum absolute atomic E-state index is 13.0. The number of hydrogen-bond donors (Lipinski definition) is 2. The number of rotatable bonds is 3. The number of halogens is 2. The first-order valence-corrected chi connectivity index (χ1v) is 6.99. The monoisotopic (exact) mass is 393 g/mol. The summed E-state index contributed by atoms with van der Waals surface area (Å²) in [6.07, 6.45) is 0. The van der Waals surface area contributed by atoms with Gasteiger partial charge in [-0.05, 0) is 47.7 Å². The summed E-state index contributed by atoms with van der Waals surface area (Å²) in [5.41, 5.74) is -0.840. The third kappa shape index (κ3) is 2.78. The quantitative estimate of drug-likeness (QED) is 0.766. The summed E-state index contributed by atoms with van der Waals surface area (Å²) in [7, 11) is 0. The van der Waals surface area contributed by atoms with Crippen LogP contribution in [0.5, 0.6) is 0 Å². The van der Waals surface area contributed by atoms with Gasteiger partial charge in [0.1, 0.15) is 11.2 Å². The van der Waals surface area contributed by atoms with Crippen molar-refractivity contribution in [2.75, 3.05) is 13.2 Å². The predicted octanol–water partition coefficient (Wildman–Crippen LogP) is 1.65. The Morgan fingerprint density at radius 3 is 2.85 bits per heavy atom. The first kappa shape index (κ1) is 15.2. The Morgan fingerprint density at radius 1 is 1.55 bits per heavy atom. The number of hydrogen-bond acceptors (Lipinski definition) is 3. The van der Waals surface area contributed by atoms with E-state index < -0.39 is 29.2 Å².